The van der Waals surface area contributed by atoms with Gasteiger partial charge in [-0.2, -0.15) is 8.78 Å². The van der Waals surface area contributed by atoms with E-state index in [1.807, 2.05) is 0 Å². The molecule has 2 heterocycles. The normalized spacial score (nSPS) is 11.4. The van der Waals surface area contributed by atoms with Crippen LogP contribution in [0, 0.1) is 11.6 Å². The van der Waals surface area contributed by atoms with Gasteiger partial charge in [0, 0.05) is 30.5 Å². The van der Waals surface area contributed by atoms with E-state index in [0.717, 1.165) is 19.4 Å². The van der Waals surface area contributed by atoms with E-state index in [0.29, 0.717) is 6.07 Å². The van der Waals surface area contributed by atoms with Gasteiger partial charge in [-0.05, 0) is 30.3 Å². The lowest BCUT2D eigenvalue weighted by Gasteiger charge is -2.15. The fraction of sp³-hybridized carbons (Fsp3) is 0.200. The van der Waals surface area contributed by atoms with Crippen molar-refractivity contribution in [3.8, 4) is 28.5 Å². The van der Waals surface area contributed by atoms with E-state index >= 15 is 0 Å². The van der Waals surface area contributed by atoms with Crippen molar-refractivity contribution in [1.82, 2.24) is 9.97 Å². The highest BCUT2D eigenvalue weighted by atomic mass is 19.3. The molecule has 2 aromatic heterocycles. The van der Waals surface area contributed by atoms with Crippen molar-refractivity contribution in [3.05, 3.63) is 66.1 Å². The smallest absolute Gasteiger partial charge is 0.312 e. The van der Waals surface area contributed by atoms with E-state index in [1.165, 1.54) is 31.5 Å². The molecule has 152 valence electrons. The van der Waals surface area contributed by atoms with E-state index in [-0.39, 0.29) is 28.5 Å². The Bertz CT molecular complexity index is 998. The molecule has 3 rings (SSSR count). The second-order valence-electron chi connectivity index (χ2n) is 5.94. The summed E-state index contributed by atoms with van der Waals surface area (Å²) in [5, 5.41) is 0. The molecule has 0 aliphatic carbocycles. The molecule has 0 amide bonds. The number of aromatic nitrogens is 2. The van der Waals surface area contributed by atoms with Crippen LogP contribution in [0.2, 0.25) is 0 Å². The van der Waals surface area contributed by atoms with Crippen molar-refractivity contribution >= 4 is 0 Å². The average molecular weight is 408 g/mol. The van der Waals surface area contributed by atoms with Gasteiger partial charge in [0.05, 0.1) is 13.3 Å². The number of hydrogen-bond donors (Lipinski definition) is 0. The third-order valence-electron chi connectivity index (χ3n) is 3.95. The summed E-state index contributed by atoms with van der Waals surface area (Å²) in [6.07, 6.45) is 2.50. The van der Waals surface area contributed by atoms with E-state index in [9.17, 15) is 17.6 Å². The maximum Gasteiger partial charge on any atom is 0.312 e. The van der Waals surface area contributed by atoms with Crippen molar-refractivity contribution in [1.29, 1.82) is 0 Å². The zero-order valence-corrected chi connectivity index (χ0v) is 15.5. The van der Waals surface area contributed by atoms with Crippen LogP contribution in [0.1, 0.15) is 5.69 Å². The molecule has 0 fully saturated rings. The highest BCUT2D eigenvalue weighted by Gasteiger charge is 2.33. The van der Waals surface area contributed by atoms with Crippen LogP contribution < -0.4 is 9.47 Å². The third kappa shape index (κ3) is 4.45. The molecule has 1 aromatic carbocycles. The van der Waals surface area contributed by atoms with Gasteiger partial charge in [0.1, 0.15) is 23.9 Å². The van der Waals surface area contributed by atoms with Gasteiger partial charge in [-0.3, -0.25) is 4.98 Å². The van der Waals surface area contributed by atoms with Crippen LogP contribution >= 0.6 is 0 Å². The molecule has 0 saturated heterocycles. The molecular weight excluding hydrogens is 392 g/mol. The topological polar surface area (TPSA) is 53.5 Å². The van der Waals surface area contributed by atoms with Gasteiger partial charge in [-0.1, -0.05) is 0 Å². The van der Waals surface area contributed by atoms with E-state index < -0.39 is 29.9 Å². The molecule has 0 atom stereocenters. The minimum atomic E-state index is -3.25. The average Bonchev–Trinajstić information content (AvgIpc) is 2.69. The van der Waals surface area contributed by atoms with Gasteiger partial charge in [0.25, 0.3) is 0 Å². The second-order valence-corrected chi connectivity index (χ2v) is 5.94. The summed E-state index contributed by atoms with van der Waals surface area (Å²) in [6, 6.07) is 7.32. The lowest BCUT2D eigenvalue weighted by molar-refractivity contribution is -0.0731. The monoisotopic (exact) mass is 408 g/mol. The first-order chi connectivity index (χ1) is 13.9. The van der Waals surface area contributed by atoms with Gasteiger partial charge >= 0.3 is 5.92 Å². The van der Waals surface area contributed by atoms with Gasteiger partial charge < -0.3 is 14.2 Å². The number of nitrogens with zero attached hydrogens (tertiary/aromatic N) is 2. The molecule has 0 saturated carbocycles. The summed E-state index contributed by atoms with van der Waals surface area (Å²) in [5.74, 6) is -5.00. The molecule has 0 aliphatic rings. The Morgan fingerprint density at radius 3 is 2.41 bits per heavy atom. The number of rotatable bonds is 7. The number of ether oxygens (including phenoxy) is 3. The number of hydrogen-bond acceptors (Lipinski definition) is 5. The molecule has 3 aromatic rings. The van der Waals surface area contributed by atoms with Gasteiger partial charge in [-0.25, -0.2) is 13.8 Å². The number of halogens is 4. The van der Waals surface area contributed by atoms with Crippen molar-refractivity contribution < 1.29 is 31.8 Å². The lowest BCUT2D eigenvalue weighted by Crippen LogP contribution is -2.21. The fourth-order valence-corrected chi connectivity index (χ4v) is 2.59. The fourth-order valence-electron chi connectivity index (χ4n) is 2.59. The first-order valence-electron chi connectivity index (χ1n) is 8.35. The Morgan fingerprint density at radius 2 is 1.76 bits per heavy atom. The van der Waals surface area contributed by atoms with Crippen LogP contribution in [-0.4, -0.2) is 30.8 Å². The lowest BCUT2D eigenvalue weighted by atomic mass is 10.1. The Balaban J connectivity index is 1.93. The van der Waals surface area contributed by atoms with Gasteiger partial charge in [0.15, 0.2) is 11.6 Å². The van der Waals surface area contributed by atoms with Crippen LogP contribution in [-0.2, 0) is 10.7 Å². The van der Waals surface area contributed by atoms with Crippen LogP contribution in [0.25, 0.3) is 11.1 Å². The molecule has 9 heteroatoms. The largest absolute Gasteiger partial charge is 0.494 e. The van der Waals surface area contributed by atoms with E-state index in [2.05, 4.69) is 14.7 Å². The molecule has 29 heavy (non-hydrogen) atoms. The molecule has 0 aliphatic heterocycles. The standard InChI is InChI=1S/C20H16F4N2O3/c1-27-11-20(23,24)18-6-5-12(10-26-18)29-19-13(4-3-7-25-19)14-8-17(28-2)16(22)9-15(14)21/h3-10H,11H2,1-2H3. The van der Waals surface area contributed by atoms with E-state index in [1.54, 1.807) is 6.07 Å². The number of alkyl halides is 2. The maximum absolute atomic E-state index is 14.3. The first-order valence-corrected chi connectivity index (χ1v) is 8.35. The number of pyridine rings is 2. The Hall–Kier alpha value is -3.20. The maximum atomic E-state index is 14.3. The summed E-state index contributed by atoms with van der Waals surface area (Å²) in [4.78, 5) is 7.75. The summed E-state index contributed by atoms with van der Waals surface area (Å²) < 4.78 is 70.7. The van der Waals surface area contributed by atoms with Crippen molar-refractivity contribution in [3.63, 3.8) is 0 Å². The van der Waals surface area contributed by atoms with Gasteiger partial charge in [0.2, 0.25) is 5.88 Å². The van der Waals surface area contributed by atoms with Crippen molar-refractivity contribution in [2.75, 3.05) is 20.8 Å². The van der Waals surface area contributed by atoms with Gasteiger partial charge in [-0.15, -0.1) is 0 Å². The molecule has 0 spiro atoms. The Labute approximate surface area is 163 Å². The molecule has 0 N–H and O–H groups in total. The van der Waals surface area contributed by atoms with E-state index in [4.69, 9.17) is 9.47 Å². The molecule has 0 bridgehead atoms. The minimum Gasteiger partial charge on any atom is -0.494 e. The van der Waals surface area contributed by atoms with Crippen molar-refractivity contribution in [2.24, 2.45) is 0 Å². The third-order valence-corrected chi connectivity index (χ3v) is 3.95. The first kappa shape index (κ1) is 20.5. The predicted molar refractivity (Wildman–Crippen MR) is 96.2 cm³/mol. The second kappa shape index (κ2) is 8.44. The molecule has 5 nitrogen and oxygen atoms in total. The zero-order valence-electron chi connectivity index (χ0n) is 15.5. The molecular formula is C20H16F4N2O3. The SMILES string of the molecule is COCC(F)(F)c1ccc(Oc2ncccc2-c2cc(OC)c(F)cc2F)cn1. The van der Waals surface area contributed by atoms with Crippen molar-refractivity contribution in [2.45, 2.75) is 5.92 Å². The summed E-state index contributed by atoms with van der Waals surface area (Å²) in [7, 11) is 2.42. The number of methoxy groups -OCH3 is 2. The summed E-state index contributed by atoms with van der Waals surface area (Å²) in [5.41, 5.74) is -0.262. The quantitative estimate of drug-likeness (QED) is 0.517. The molecule has 0 unspecified atom stereocenters. The predicted octanol–water partition coefficient (Wildman–Crippen LogP) is 4.96. The van der Waals surface area contributed by atoms with Crippen LogP contribution in [0.5, 0.6) is 17.4 Å². The summed E-state index contributed by atoms with van der Waals surface area (Å²) >= 11 is 0. The van der Waals surface area contributed by atoms with Crippen LogP contribution in [0.15, 0.2) is 48.8 Å². The molecule has 0 radical (unpaired) electrons. The summed E-state index contributed by atoms with van der Waals surface area (Å²) in [6.45, 7) is -0.809. The van der Waals surface area contributed by atoms with Crippen LogP contribution in [0.3, 0.4) is 0 Å². The zero-order chi connectivity index (χ0) is 21.0. The minimum absolute atomic E-state index is 0.00237. The Morgan fingerprint density at radius 1 is 0.966 bits per heavy atom. The number of benzene rings is 1. The van der Waals surface area contributed by atoms with Crippen LogP contribution in [0.4, 0.5) is 17.6 Å². The highest BCUT2D eigenvalue weighted by molar-refractivity contribution is 5.71. The highest BCUT2D eigenvalue weighted by Crippen LogP contribution is 2.36. The Kier molecular flexibility index (Phi) is 5.97.